The van der Waals surface area contributed by atoms with Gasteiger partial charge in [-0.1, -0.05) is 39.7 Å². The predicted octanol–water partition coefficient (Wildman–Crippen LogP) is 5.57. The number of hydrogen-bond donors (Lipinski definition) is 0. The first-order valence-corrected chi connectivity index (χ1v) is 7.18. The van der Waals surface area contributed by atoms with E-state index in [1.807, 2.05) is 0 Å². The molecule has 1 aromatic heterocycles. The van der Waals surface area contributed by atoms with Crippen LogP contribution in [0.2, 0.25) is 5.02 Å². The third kappa shape index (κ3) is 3.74. The molecular weight excluding hydrogens is 374 g/mol. The van der Waals surface area contributed by atoms with Gasteiger partial charge in [0.2, 0.25) is 0 Å². The van der Waals surface area contributed by atoms with Crippen molar-refractivity contribution in [1.29, 1.82) is 0 Å². The third-order valence-electron chi connectivity index (χ3n) is 2.93. The first kappa shape index (κ1) is 16.2. The zero-order chi connectivity index (χ0) is 15.6. The van der Waals surface area contributed by atoms with Gasteiger partial charge in [0.15, 0.2) is 0 Å². The molecule has 1 heterocycles. The average Bonchev–Trinajstić information content (AvgIpc) is 2.40. The van der Waals surface area contributed by atoms with Gasteiger partial charge in [-0.25, -0.2) is 4.39 Å². The topological polar surface area (TPSA) is 12.9 Å². The summed E-state index contributed by atoms with van der Waals surface area (Å²) in [5.74, 6) is -1.27. The molecule has 2 rings (SSSR count). The molecule has 0 aliphatic heterocycles. The van der Waals surface area contributed by atoms with Crippen molar-refractivity contribution in [2.45, 2.75) is 17.4 Å². The van der Waals surface area contributed by atoms with Crippen molar-refractivity contribution >= 4 is 27.5 Å². The molecular formula is C14H9BrClF4N. The highest BCUT2D eigenvalue weighted by molar-refractivity contribution is 9.09. The molecule has 0 fully saturated rings. The number of alkyl halides is 4. The summed E-state index contributed by atoms with van der Waals surface area (Å²) in [5, 5.41) is 0.384. The number of rotatable bonds is 3. The van der Waals surface area contributed by atoms with E-state index >= 15 is 0 Å². The van der Waals surface area contributed by atoms with E-state index in [1.165, 1.54) is 24.5 Å². The molecule has 1 atom stereocenters. The Bertz CT molecular complexity index is 645. The number of pyridine rings is 1. The molecule has 0 amide bonds. The van der Waals surface area contributed by atoms with Crippen LogP contribution in [-0.2, 0) is 12.6 Å². The number of benzene rings is 1. The second-order valence-corrected chi connectivity index (χ2v) is 5.86. The largest absolute Gasteiger partial charge is 0.419 e. The smallest absolute Gasteiger partial charge is 0.263 e. The fourth-order valence-corrected chi connectivity index (χ4v) is 2.78. The Hall–Kier alpha value is -1.14. The van der Waals surface area contributed by atoms with Crippen LogP contribution in [0.5, 0.6) is 0 Å². The molecule has 0 radical (unpaired) electrons. The Kier molecular flexibility index (Phi) is 4.88. The fraction of sp³-hybridized carbons (Fsp3) is 0.214. The molecule has 0 aliphatic carbocycles. The third-order valence-corrected chi connectivity index (χ3v) is 4.08. The van der Waals surface area contributed by atoms with Gasteiger partial charge in [0.25, 0.3) is 0 Å². The van der Waals surface area contributed by atoms with Crippen molar-refractivity contribution < 1.29 is 17.6 Å². The first-order valence-electron chi connectivity index (χ1n) is 5.88. The number of nitrogens with zero attached hydrogens (tertiary/aromatic N) is 1. The molecule has 1 nitrogen and oxygen atoms in total. The van der Waals surface area contributed by atoms with Crippen molar-refractivity contribution in [3.05, 3.63) is 64.2 Å². The van der Waals surface area contributed by atoms with Crippen LogP contribution < -0.4 is 0 Å². The van der Waals surface area contributed by atoms with Crippen LogP contribution >= 0.6 is 27.5 Å². The summed E-state index contributed by atoms with van der Waals surface area (Å²) in [5.41, 5.74) is -0.659. The van der Waals surface area contributed by atoms with Gasteiger partial charge in [-0.15, -0.1) is 0 Å². The first-order chi connectivity index (χ1) is 9.80. The highest BCUT2D eigenvalue weighted by Gasteiger charge is 2.35. The standard InChI is InChI=1S/C14H9BrClF4N/c15-11(6-8-4-5-21-7-12(8)16)9-2-1-3-10(13(9)17)14(18,19)20/h1-5,7,11H,6H2. The SMILES string of the molecule is Fc1c(C(Br)Cc2ccncc2Cl)cccc1C(F)(F)F. The molecule has 0 saturated heterocycles. The van der Waals surface area contributed by atoms with E-state index in [9.17, 15) is 17.6 Å². The lowest BCUT2D eigenvalue weighted by molar-refractivity contribution is -0.140. The summed E-state index contributed by atoms with van der Waals surface area (Å²) >= 11 is 9.16. The highest BCUT2D eigenvalue weighted by atomic mass is 79.9. The second kappa shape index (κ2) is 6.32. The zero-order valence-electron chi connectivity index (χ0n) is 10.5. The van der Waals surface area contributed by atoms with E-state index in [0.29, 0.717) is 10.6 Å². The average molecular weight is 383 g/mol. The Morgan fingerprint density at radius 3 is 2.57 bits per heavy atom. The number of aromatic nitrogens is 1. The summed E-state index contributed by atoms with van der Waals surface area (Å²) < 4.78 is 52.1. The van der Waals surface area contributed by atoms with Crippen LogP contribution in [0.4, 0.5) is 17.6 Å². The van der Waals surface area contributed by atoms with Gasteiger partial charge in [0.05, 0.1) is 10.6 Å². The van der Waals surface area contributed by atoms with Crippen LogP contribution in [0, 0.1) is 5.82 Å². The maximum atomic E-state index is 14.0. The Morgan fingerprint density at radius 1 is 1.24 bits per heavy atom. The molecule has 2 aromatic rings. The van der Waals surface area contributed by atoms with Crippen molar-refractivity contribution in [2.24, 2.45) is 0 Å². The van der Waals surface area contributed by atoms with Crippen LogP contribution in [0.3, 0.4) is 0 Å². The van der Waals surface area contributed by atoms with Crippen LogP contribution in [0.25, 0.3) is 0 Å². The lowest BCUT2D eigenvalue weighted by atomic mass is 10.0. The molecule has 0 N–H and O–H groups in total. The molecule has 21 heavy (non-hydrogen) atoms. The van der Waals surface area contributed by atoms with Gasteiger partial charge in [0.1, 0.15) is 5.82 Å². The summed E-state index contributed by atoms with van der Waals surface area (Å²) in [6.45, 7) is 0. The lowest BCUT2D eigenvalue weighted by Gasteiger charge is -2.15. The lowest BCUT2D eigenvalue weighted by Crippen LogP contribution is -2.11. The molecule has 0 spiro atoms. The Balaban J connectivity index is 2.32. The molecule has 1 unspecified atom stereocenters. The minimum absolute atomic E-state index is 0.0577. The summed E-state index contributed by atoms with van der Waals surface area (Å²) in [6, 6.07) is 4.86. The van der Waals surface area contributed by atoms with E-state index in [0.717, 1.165) is 6.07 Å². The van der Waals surface area contributed by atoms with Crippen LogP contribution in [0.15, 0.2) is 36.7 Å². The van der Waals surface area contributed by atoms with Crippen molar-refractivity contribution in [2.75, 3.05) is 0 Å². The molecule has 7 heteroatoms. The quantitative estimate of drug-likeness (QED) is 0.499. The maximum absolute atomic E-state index is 14.0. The van der Waals surface area contributed by atoms with Crippen molar-refractivity contribution in [3.63, 3.8) is 0 Å². The van der Waals surface area contributed by atoms with E-state index in [1.54, 1.807) is 6.07 Å². The summed E-state index contributed by atoms with van der Waals surface area (Å²) in [4.78, 5) is 3.19. The van der Waals surface area contributed by atoms with E-state index in [4.69, 9.17) is 11.6 Å². The molecule has 0 aliphatic rings. The van der Waals surface area contributed by atoms with Gasteiger partial charge in [-0.2, -0.15) is 13.2 Å². The summed E-state index contributed by atoms with van der Waals surface area (Å²) in [6.07, 6.45) is -1.52. The molecule has 0 saturated carbocycles. The van der Waals surface area contributed by atoms with E-state index < -0.39 is 22.4 Å². The van der Waals surface area contributed by atoms with Crippen molar-refractivity contribution in [1.82, 2.24) is 4.98 Å². The number of halogens is 6. The zero-order valence-corrected chi connectivity index (χ0v) is 12.8. The van der Waals surface area contributed by atoms with Gasteiger partial charge in [-0.05, 0) is 24.1 Å². The minimum Gasteiger partial charge on any atom is -0.263 e. The van der Waals surface area contributed by atoms with E-state index in [2.05, 4.69) is 20.9 Å². The van der Waals surface area contributed by atoms with Crippen LogP contribution in [0.1, 0.15) is 21.5 Å². The minimum atomic E-state index is -4.72. The molecule has 0 bridgehead atoms. The van der Waals surface area contributed by atoms with Gasteiger partial charge < -0.3 is 0 Å². The molecule has 1 aromatic carbocycles. The maximum Gasteiger partial charge on any atom is 0.419 e. The van der Waals surface area contributed by atoms with Crippen molar-refractivity contribution in [3.8, 4) is 0 Å². The predicted molar refractivity (Wildman–Crippen MR) is 76.0 cm³/mol. The number of hydrogen-bond acceptors (Lipinski definition) is 1. The highest BCUT2D eigenvalue weighted by Crippen LogP contribution is 2.37. The molecule has 112 valence electrons. The van der Waals surface area contributed by atoms with Gasteiger partial charge >= 0.3 is 6.18 Å². The van der Waals surface area contributed by atoms with Crippen LogP contribution in [-0.4, -0.2) is 4.98 Å². The summed E-state index contributed by atoms with van der Waals surface area (Å²) in [7, 11) is 0. The van der Waals surface area contributed by atoms with Gasteiger partial charge in [0, 0.05) is 22.8 Å². The van der Waals surface area contributed by atoms with Gasteiger partial charge in [-0.3, -0.25) is 4.98 Å². The van der Waals surface area contributed by atoms with E-state index in [-0.39, 0.29) is 12.0 Å². The normalized spacial score (nSPS) is 13.2. The Labute approximate surface area is 132 Å². The monoisotopic (exact) mass is 381 g/mol. The Morgan fingerprint density at radius 2 is 1.95 bits per heavy atom. The fourth-order valence-electron chi connectivity index (χ4n) is 1.88. The second-order valence-electron chi connectivity index (χ2n) is 4.35.